The van der Waals surface area contributed by atoms with Crippen LogP contribution in [0.4, 0.5) is 0 Å². The largest absolute Gasteiger partial charge is 0.347 e. The summed E-state index contributed by atoms with van der Waals surface area (Å²) in [5.41, 5.74) is 2.30. The second-order valence-electron chi connectivity index (χ2n) is 5.42. The quantitative estimate of drug-likeness (QED) is 0.761. The molecule has 0 aliphatic rings. The van der Waals surface area contributed by atoms with Crippen LogP contribution in [0.25, 0.3) is 0 Å². The lowest BCUT2D eigenvalue weighted by molar-refractivity contribution is -0.122. The fraction of sp³-hybridized carbons (Fsp3) is 0.158. The van der Waals surface area contributed by atoms with Crippen LogP contribution < -0.4 is 5.32 Å². The number of nitrogens with zero attached hydrogens (tertiary/aromatic N) is 2. The van der Waals surface area contributed by atoms with E-state index >= 15 is 0 Å². The van der Waals surface area contributed by atoms with Gasteiger partial charge in [-0.3, -0.25) is 9.48 Å². The molecule has 0 saturated heterocycles. The van der Waals surface area contributed by atoms with Crippen LogP contribution in [-0.2, 0) is 17.8 Å². The number of rotatable bonds is 6. The molecule has 0 unspecified atom stereocenters. The summed E-state index contributed by atoms with van der Waals surface area (Å²) in [4.78, 5) is 12.3. The number of aromatic nitrogens is 2. The van der Waals surface area contributed by atoms with E-state index in [1.807, 2.05) is 54.6 Å². The van der Waals surface area contributed by atoms with Crippen molar-refractivity contribution in [3.63, 3.8) is 0 Å². The molecule has 0 fully saturated rings. The van der Waals surface area contributed by atoms with Crippen LogP contribution in [0.5, 0.6) is 0 Å². The maximum atomic E-state index is 12.3. The van der Waals surface area contributed by atoms with Crippen molar-refractivity contribution < 1.29 is 4.79 Å². The van der Waals surface area contributed by atoms with Crippen LogP contribution in [0.3, 0.4) is 0 Å². The molecule has 3 rings (SSSR count). The molecular weight excluding hydrogens is 286 g/mol. The molecule has 0 radical (unpaired) electrons. The summed E-state index contributed by atoms with van der Waals surface area (Å²) >= 11 is 0. The van der Waals surface area contributed by atoms with Gasteiger partial charge in [0.15, 0.2) is 0 Å². The fourth-order valence-corrected chi connectivity index (χ4v) is 2.57. The molecule has 0 bridgehead atoms. The van der Waals surface area contributed by atoms with Crippen molar-refractivity contribution in [2.75, 3.05) is 0 Å². The summed E-state index contributed by atoms with van der Waals surface area (Å²) in [5, 5.41) is 7.20. The van der Waals surface area contributed by atoms with Crippen molar-refractivity contribution in [2.45, 2.75) is 19.0 Å². The first-order chi connectivity index (χ1) is 11.3. The van der Waals surface area contributed by atoms with Gasteiger partial charge in [0.25, 0.3) is 0 Å². The summed E-state index contributed by atoms with van der Waals surface area (Å²) in [5.74, 6) is -0.0431. The Kier molecular flexibility index (Phi) is 4.84. The zero-order valence-electron chi connectivity index (χ0n) is 12.8. The highest BCUT2D eigenvalue weighted by Crippen LogP contribution is 2.18. The van der Waals surface area contributed by atoms with Crippen LogP contribution in [0.2, 0.25) is 0 Å². The normalized spacial score (nSPS) is 11.8. The van der Waals surface area contributed by atoms with Crippen molar-refractivity contribution in [3.8, 4) is 0 Å². The van der Waals surface area contributed by atoms with Crippen LogP contribution in [-0.4, -0.2) is 15.7 Å². The molecule has 1 amide bonds. The first-order valence-electron chi connectivity index (χ1n) is 7.67. The Morgan fingerprint density at radius 2 is 1.70 bits per heavy atom. The third-order valence-electron chi connectivity index (χ3n) is 3.68. The Morgan fingerprint density at radius 3 is 2.35 bits per heavy atom. The lowest BCUT2D eigenvalue weighted by Gasteiger charge is -2.19. The third-order valence-corrected chi connectivity index (χ3v) is 3.68. The zero-order chi connectivity index (χ0) is 15.9. The van der Waals surface area contributed by atoms with Crippen molar-refractivity contribution in [1.82, 2.24) is 15.1 Å². The van der Waals surface area contributed by atoms with E-state index in [0.717, 1.165) is 12.0 Å². The molecule has 3 aromatic rings. The monoisotopic (exact) mass is 305 g/mol. The highest BCUT2D eigenvalue weighted by Gasteiger charge is 2.15. The minimum absolute atomic E-state index is 0.0431. The molecular formula is C19H19N3O. The zero-order valence-corrected chi connectivity index (χ0v) is 12.8. The van der Waals surface area contributed by atoms with E-state index in [9.17, 15) is 4.79 Å². The smallest absolute Gasteiger partial charge is 0.242 e. The Hall–Kier alpha value is -2.88. The molecule has 0 aliphatic heterocycles. The van der Waals surface area contributed by atoms with E-state index in [0.29, 0.717) is 0 Å². The Morgan fingerprint density at radius 1 is 1.00 bits per heavy atom. The topological polar surface area (TPSA) is 46.9 Å². The molecule has 0 saturated carbocycles. The number of amides is 1. The fourth-order valence-electron chi connectivity index (χ4n) is 2.57. The molecule has 0 aliphatic carbocycles. The van der Waals surface area contributed by atoms with Gasteiger partial charge in [0.2, 0.25) is 5.91 Å². The molecule has 1 N–H and O–H groups in total. The molecule has 1 atom stereocenters. The van der Waals surface area contributed by atoms with E-state index < -0.39 is 0 Å². The van der Waals surface area contributed by atoms with Crippen molar-refractivity contribution in [2.24, 2.45) is 0 Å². The van der Waals surface area contributed by atoms with Crippen LogP contribution in [0.15, 0.2) is 79.1 Å². The molecule has 116 valence electrons. The SMILES string of the molecule is O=C(Cn1cccn1)N[C@H](Cc1ccccc1)c1ccccc1. The van der Waals surface area contributed by atoms with Gasteiger partial charge in [0.05, 0.1) is 6.04 Å². The third kappa shape index (κ3) is 4.30. The number of hydrogen-bond donors (Lipinski definition) is 1. The van der Waals surface area contributed by atoms with E-state index in [4.69, 9.17) is 0 Å². The van der Waals surface area contributed by atoms with Gasteiger partial charge < -0.3 is 5.32 Å². The van der Waals surface area contributed by atoms with Gasteiger partial charge in [0.1, 0.15) is 6.54 Å². The predicted octanol–water partition coefficient (Wildman–Crippen LogP) is 2.98. The average molecular weight is 305 g/mol. The van der Waals surface area contributed by atoms with Gasteiger partial charge in [-0.05, 0) is 23.6 Å². The molecule has 4 nitrogen and oxygen atoms in total. The summed E-state index contributed by atoms with van der Waals surface area (Å²) < 4.78 is 1.62. The van der Waals surface area contributed by atoms with Crippen molar-refractivity contribution >= 4 is 5.91 Å². The van der Waals surface area contributed by atoms with E-state index in [1.54, 1.807) is 17.1 Å². The van der Waals surface area contributed by atoms with E-state index in [2.05, 4.69) is 22.5 Å². The molecule has 1 aromatic heterocycles. The van der Waals surface area contributed by atoms with Crippen LogP contribution in [0.1, 0.15) is 17.2 Å². The van der Waals surface area contributed by atoms with Gasteiger partial charge >= 0.3 is 0 Å². The standard InChI is InChI=1S/C19H19N3O/c23-19(15-22-13-7-12-20-22)21-18(17-10-5-2-6-11-17)14-16-8-3-1-4-9-16/h1-13,18H,14-15H2,(H,21,23)/t18-/m1/s1. The minimum atomic E-state index is -0.0540. The minimum Gasteiger partial charge on any atom is -0.347 e. The lowest BCUT2D eigenvalue weighted by atomic mass is 9.99. The molecule has 4 heteroatoms. The van der Waals surface area contributed by atoms with Gasteiger partial charge in [-0.15, -0.1) is 0 Å². The summed E-state index contributed by atoms with van der Waals surface area (Å²) in [6, 6.07) is 22.0. The molecule has 1 heterocycles. The number of carbonyl (C=O) groups excluding carboxylic acids is 1. The summed E-state index contributed by atoms with van der Waals surface area (Å²) in [6.45, 7) is 0.227. The highest BCUT2D eigenvalue weighted by atomic mass is 16.2. The summed E-state index contributed by atoms with van der Waals surface area (Å²) in [7, 11) is 0. The van der Waals surface area contributed by atoms with Crippen molar-refractivity contribution in [3.05, 3.63) is 90.3 Å². The molecule has 0 spiro atoms. The summed E-state index contributed by atoms with van der Waals surface area (Å²) in [6.07, 6.45) is 4.22. The Labute approximate surface area is 135 Å². The van der Waals surface area contributed by atoms with Crippen LogP contribution in [0, 0.1) is 0 Å². The number of nitrogens with one attached hydrogen (secondary N) is 1. The van der Waals surface area contributed by atoms with Gasteiger partial charge in [0, 0.05) is 12.4 Å². The maximum absolute atomic E-state index is 12.3. The average Bonchev–Trinajstić information content (AvgIpc) is 3.09. The van der Waals surface area contributed by atoms with Crippen LogP contribution >= 0.6 is 0 Å². The molecule has 2 aromatic carbocycles. The van der Waals surface area contributed by atoms with E-state index in [1.165, 1.54) is 5.56 Å². The van der Waals surface area contributed by atoms with Gasteiger partial charge in [-0.25, -0.2) is 0 Å². The van der Waals surface area contributed by atoms with Gasteiger partial charge in [-0.1, -0.05) is 60.7 Å². The van der Waals surface area contributed by atoms with Gasteiger partial charge in [-0.2, -0.15) is 5.10 Å². The van der Waals surface area contributed by atoms with E-state index in [-0.39, 0.29) is 18.5 Å². The second-order valence-corrected chi connectivity index (χ2v) is 5.42. The highest BCUT2D eigenvalue weighted by molar-refractivity contribution is 5.76. The second kappa shape index (κ2) is 7.40. The number of hydrogen-bond acceptors (Lipinski definition) is 2. The first-order valence-corrected chi connectivity index (χ1v) is 7.67. The Bertz CT molecular complexity index is 724. The Balaban J connectivity index is 1.73. The number of benzene rings is 2. The number of carbonyl (C=O) groups is 1. The maximum Gasteiger partial charge on any atom is 0.242 e. The van der Waals surface area contributed by atoms with Crippen molar-refractivity contribution in [1.29, 1.82) is 0 Å². The first kappa shape index (κ1) is 15.0. The predicted molar refractivity (Wildman–Crippen MR) is 89.7 cm³/mol. The molecule has 23 heavy (non-hydrogen) atoms. The lowest BCUT2D eigenvalue weighted by Crippen LogP contribution is -2.32.